The number of hydrogen-bond acceptors (Lipinski definition) is 3. The lowest BCUT2D eigenvalue weighted by Crippen LogP contribution is -2.42. The van der Waals surface area contributed by atoms with Gasteiger partial charge < -0.3 is 10.4 Å². The molecule has 6 heteroatoms. The molecule has 1 atom stereocenters. The summed E-state index contributed by atoms with van der Waals surface area (Å²) in [6.45, 7) is 1.01. The Morgan fingerprint density at radius 2 is 2.12 bits per heavy atom. The van der Waals surface area contributed by atoms with Gasteiger partial charge in [-0.3, -0.25) is 4.79 Å². The molecule has 0 aliphatic carbocycles. The van der Waals surface area contributed by atoms with Gasteiger partial charge in [-0.15, -0.1) is 0 Å². The topological polar surface area (TPSA) is 66.4 Å². The molecule has 0 aliphatic heterocycles. The van der Waals surface area contributed by atoms with Crippen molar-refractivity contribution in [3.8, 4) is 0 Å². The molecule has 16 heavy (non-hydrogen) atoms. The maximum absolute atomic E-state index is 12.2. The largest absolute Gasteiger partial charge is 0.480 e. The van der Waals surface area contributed by atoms with Gasteiger partial charge in [-0.1, -0.05) is 13.3 Å². The van der Waals surface area contributed by atoms with Crippen molar-refractivity contribution in [3.05, 3.63) is 0 Å². The average Bonchev–Trinajstić information content (AvgIpc) is 2.25. The normalized spacial score (nSPS) is 12.1. The van der Waals surface area contributed by atoms with E-state index in [0.717, 1.165) is 18.6 Å². The number of carbonyl (C=O) groups is 2. The first-order valence-corrected chi connectivity index (χ1v) is 6.43. The second kappa shape index (κ2) is 9.45. The van der Waals surface area contributed by atoms with Crippen LogP contribution in [0, 0.1) is 0 Å². The van der Waals surface area contributed by atoms with Crippen LogP contribution in [0.2, 0.25) is 0 Å². The van der Waals surface area contributed by atoms with E-state index >= 15 is 0 Å². The molecule has 0 aromatic heterocycles. The Balaban J connectivity index is 3.61. The van der Waals surface area contributed by atoms with E-state index in [1.165, 1.54) is 0 Å². The van der Waals surface area contributed by atoms with Gasteiger partial charge in [-0.05, 0) is 12.2 Å². The summed E-state index contributed by atoms with van der Waals surface area (Å²) in [5.74, 6) is -0.108. The lowest BCUT2D eigenvalue weighted by molar-refractivity contribution is -0.142. The number of rotatable bonds is 9. The Kier molecular flexibility index (Phi) is 8.99. The van der Waals surface area contributed by atoms with Gasteiger partial charge in [0.25, 0.3) is 0 Å². The molecule has 0 fully saturated rings. The van der Waals surface area contributed by atoms with Gasteiger partial charge in [0.2, 0.25) is 5.91 Å². The van der Waals surface area contributed by atoms with Crippen molar-refractivity contribution in [2.75, 3.05) is 18.2 Å². The summed E-state index contributed by atoms with van der Waals surface area (Å²) < 4.78 is 12.2. The smallest absolute Gasteiger partial charge is 0.328 e. The Morgan fingerprint density at radius 1 is 1.44 bits per heavy atom. The first kappa shape index (κ1) is 15.2. The molecule has 0 aliphatic rings. The maximum atomic E-state index is 12.2. The molecule has 0 rings (SSSR count). The zero-order chi connectivity index (χ0) is 12.4. The van der Waals surface area contributed by atoms with E-state index < -0.39 is 24.6 Å². The number of carboxylic acid groups (broad SMARTS) is 1. The first-order chi connectivity index (χ1) is 7.61. The number of carbonyl (C=O) groups excluding carboxylic acids is 1. The first-order valence-electron chi connectivity index (χ1n) is 5.27. The fraction of sp³-hybridized carbons (Fsp3) is 0.800. The van der Waals surface area contributed by atoms with E-state index in [-0.39, 0.29) is 6.42 Å². The highest BCUT2D eigenvalue weighted by Crippen LogP contribution is 2.05. The highest BCUT2D eigenvalue weighted by Gasteiger charge is 2.18. The second-order valence-corrected chi connectivity index (χ2v) is 4.55. The predicted octanol–water partition coefficient (Wildman–Crippen LogP) is 1.45. The van der Waals surface area contributed by atoms with E-state index in [4.69, 9.17) is 5.11 Å². The number of unbranched alkanes of at least 4 members (excludes halogenated alkanes) is 1. The van der Waals surface area contributed by atoms with E-state index in [0.29, 0.717) is 5.75 Å². The number of nitrogens with one attached hydrogen (secondary N) is 1. The van der Waals surface area contributed by atoms with E-state index in [2.05, 4.69) is 12.2 Å². The minimum absolute atomic E-state index is 0.234. The van der Waals surface area contributed by atoms with Crippen LogP contribution in [-0.2, 0) is 9.59 Å². The van der Waals surface area contributed by atoms with Crippen LogP contribution in [0.25, 0.3) is 0 Å². The molecule has 0 saturated heterocycles. The molecule has 0 heterocycles. The number of carboxylic acids is 1. The number of hydrogen-bond donors (Lipinski definition) is 2. The lowest BCUT2D eigenvalue weighted by atomic mass is 10.3. The average molecular weight is 251 g/mol. The van der Waals surface area contributed by atoms with Gasteiger partial charge in [0, 0.05) is 12.2 Å². The highest BCUT2D eigenvalue weighted by molar-refractivity contribution is 7.99. The van der Waals surface area contributed by atoms with Crippen molar-refractivity contribution in [1.29, 1.82) is 0 Å². The van der Waals surface area contributed by atoms with Crippen molar-refractivity contribution in [2.24, 2.45) is 0 Å². The van der Waals surface area contributed by atoms with Crippen LogP contribution in [0.1, 0.15) is 26.2 Å². The van der Waals surface area contributed by atoms with E-state index in [1.54, 1.807) is 11.8 Å². The van der Waals surface area contributed by atoms with Crippen LogP contribution >= 0.6 is 11.8 Å². The number of amides is 1. The SMILES string of the molecule is CCCCSCCC(=O)NC(CF)C(=O)O. The third kappa shape index (κ3) is 7.50. The molecule has 0 saturated carbocycles. The van der Waals surface area contributed by atoms with Crippen molar-refractivity contribution in [1.82, 2.24) is 5.32 Å². The zero-order valence-corrected chi connectivity index (χ0v) is 10.2. The molecule has 0 aromatic carbocycles. The molecule has 2 N–H and O–H groups in total. The van der Waals surface area contributed by atoms with Crippen LogP contribution in [0.3, 0.4) is 0 Å². The lowest BCUT2D eigenvalue weighted by Gasteiger charge is -2.10. The summed E-state index contributed by atoms with van der Waals surface area (Å²) >= 11 is 1.65. The molecular formula is C10H18FNO3S. The maximum Gasteiger partial charge on any atom is 0.328 e. The standard InChI is InChI=1S/C10H18FNO3S/c1-2-3-5-16-6-4-9(13)12-8(7-11)10(14)15/h8H,2-7H2,1H3,(H,12,13)(H,14,15). The zero-order valence-electron chi connectivity index (χ0n) is 9.37. The highest BCUT2D eigenvalue weighted by atomic mass is 32.2. The van der Waals surface area contributed by atoms with Gasteiger partial charge in [0.1, 0.15) is 6.67 Å². The van der Waals surface area contributed by atoms with Crippen LogP contribution < -0.4 is 5.32 Å². The Bertz CT molecular complexity index is 226. The molecule has 0 bridgehead atoms. The minimum atomic E-state index is -1.41. The monoisotopic (exact) mass is 251 g/mol. The van der Waals surface area contributed by atoms with Gasteiger partial charge >= 0.3 is 5.97 Å². The molecular weight excluding hydrogens is 233 g/mol. The molecule has 0 aromatic rings. The van der Waals surface area contributed by atoms with Gasteiger partial charge in [0.05, 0.1) is 0 Å². The second-order valence-electron chi connectivity index (χ2n) is 3.33. The summed E-state index contributed by atoms with van der Waals surface area (Å²) in [5, 5.41) is 10.6. The van der Waals surface area contributed by atoms with E-state index in [9.17, 15) is 14.0 Å². The summed E-state index contributed by atoms with van der Waals surface area (Å²) in [4.78, 5) is 21.6. The molecule has 4 nitrogen and oxygen atoms in total. The summed E-state index contributed by atoms with van der Waals surface area (Å²) in [6, 6.07) is -1.41. The van der Waals surface area contributed by atoms with Crippen molar-refractivity contribution in [3.63, 3.8) is 0 Å². The third-order valence-electron chi connectivity index (χ3n) is 1.90. The molecule has 1 amide bonds. The summed E-state index contributed by atoms with van der Waals surface area (Å²) in [6.07, 6.45) is 2.45. The number of halogens is 1. The summed E-state index contributed by atoms with van der Waals surface area (Å²) in [7, 11) is 0. The van der Waals surface area contributed by atoms with Crippen LogP contribution in [0.15, 0.2) is 0 Å². The number of thioether (sulfide) groups is 1. The van der Waals surface area contributed by atoms with Crippen molar-refractivity contribution < 1.29 is 19.1 Å². The fourth-order valence-corrected chi connectivity index (χ4v) is 1.97. The number of alkyl halides is 1. The van der Waals surface area contributed by atoms with Crippen molar-refractivity contribution >= 4 is 23.6 Å². The van der Waals surface area contributed by atoms with E-state index in [1.807, 2.05) is 0 Å². The predicted molar refractivity (Wildman–Crippen MR) is 62.4 cm³/mol. The Hall–Kier alpha value is -0.780. The minimum Gasteiger partial charge on any atom is -0.480 e. The fourth-order valence-electron chi connectivity index (χ4n) is 0.946. The molecule has 0 radical (unpaired) electrons. The quantitative estimate of drug-likeness (QED) is 0.609. The Morgan fingerprint density at radius 3 is 2.62 bits per heavy atom. The number of aliphatic carboxylic acids is 1. The molecule has 1 unspecified atom stereocenters. The van der Waals surface area contributed by atoms with Crippen LogP contribution in [-0.4, -0.2) is 41.2 Å². The van der Waals surface area contributed by atoms with Crippen LogP contribution in [0.4, 0.5) is 4.39 Å². The van der Waals surface area contributed by atoms with Gasteiger partial charge in [-0.2, -0.15) is 11.8 Å². The van der Waals surface area contributed by atoms with Crippen LogP contribution in [0.5, 0.6) is 0 Å². The third-order valence-corrected chi connectivity index (χ3v) is 2.97. The van der Waals surface area contributed by atoms with Gasteiger partial charge in [0.15, 0.2) is 6.04 Å². The Labute approximate surface area is 99.0 Å². The molecule has 94 valence electrons. The molecule has 0 spiro atoms. The van der Waals surface area contributed by atoms with Crippen molar-refractivity contribution in [2.45, 2.75) is 32.2 Å². The van der Waals surface area contributed by atoms with Gasteiger partial charge in [-0.25, -0.2) is 9.18 Å². The summed E-state index contributed by atoms with van der Waals surface area (Å²) in [5.41, 5.74) is 0.